The van der Waals surface area contributed by atoms with Crippen molar-refractivity contribution in [2.75, 3.05) is 32.8 Å². The predicted octanol–water partition coefficient (Wildman–Crippen LogP) is 2.24. The van der Waals surface area contributed by atoms with Crippen LogP contribution in [0.4, 0.5) is 4.79 Å². The van der Waals surface area contributed by atoms with E-state index in [2.05, 4.69) is 15.3 Å². The summed E-state index contributed by atoms with van der Waals surface area (Å²) in [6, 6.07) is 9.26. The standard InChI is InChI=1S/C27H35N5O7/c1-3-8-22(33)20-17-21(29-24(28-20)18-9-6-5-7-10-18)25(36)30-19(11-12-23(34)35)26(37)31-13-15-32(16-14-31)27(38)39-4-2/h5-7,9-10,17,19,22,33H,3-4,8,11-16H2,1-2H3,(H,30,36)(H,34,35)/t19?,22-/m0/s1. The minimum Gasteiger partial charge on any atom is -0.481 e. The topological polar surface area (TPSA) is 162 Å². The molecule has 12 heteroatoms. The molecular formula is C27H35N5O7. The number of rotatable bonds is 11. The summed E-state index contributed by atoms with van der Waals surface area (Å²) in [5.74, 6) is -1.99. The number of piperazine rings is 1. The van der Waals surface area contributed by atoms with E-state index in [0.29, 0.717) is 18.4 Å². The highest BCUT2D eigenvalue weighted by Gasteiger charge is 2.31. The third kappa shape index (κ3) is 8.21. The van der Waals surface area contributed by atoms with Gasteiger partial charge in [0.25, 0.3) is 5.91 Å². The average Bonchev–Trinajstić information content (AvgIpc) is 2.95. The van der Waals surface area contributed by atoms with Gasteiger partial charge in [0.1, 0.15) is 11.7 Å². The van der Waals surface area contributed by atoms with Gasteiger partial charge in [-0.15, -0.1) is 0 Å². The van der Waals surface area contributed by atoms with E-state index in [4.69, 9.17) is 4.74 Å². The van der Waals surface area contributed by atoms with Crippen LogP contribution in [0, 0.1) is 0 Å². The van der Waals surface area contributed by atoms with Crippen LogP contribution in [-0.2, 0) is 14.3 Å². The third-order valence-electron chi connectivity index (χ3n) is 6.28. The summed E-state index contributed by atoms with van der Waals surface area (Å²) in [5, 5.41) is 22.5. The summed E-state index contributed by atoms with van der Waals surface area (Å²) in [6.07, 6.45) is -0.697. The number of benzene rings is 1. The monoisotopic (exact) mass is 541 g/mol. The maximum Gasteiger partial charge on any atom is 0.409 e. The maximum absolute atomic E-state index is 13.3. The highest BCUT2D eigenvalue weighted by atomic mass is 16.6. The Balaban J connectivity index is 1.82. The van der Waals surface area contributed by atoms with E-state index in [1.165, 1.54) is 15.9 Å². The fourth-order valence-electron chi connectivity index (χ4n) is 4.19. The summed E-state index contributed by atoms with van der Waals surface area (Å²) < 4.78 is 5.01. The summed E-state index contributed by atoms with van der Waals surface area (Å²) >= 11 is 0. The molecule has 210 valence electrons. The van der Waals surface area contributed by atoms with E-state index < -0.39 is 36.0 Å². The fraction of sp³-hybridized carbons (Fsp3) is 0.481. The first-order valence-corrected chi connectivity index (χ1v) is 13.1. The number of aliphatic carboxylic acids is 1. The van der Waals surface area contributed by atoms with Gasteiger partial charge in [-0.25, -0.2) is 14.8 Å². The molecule has 1 aromatic heterocycles. The fourth-order valence-corrected chi connectivity index (χ4v) is 4.19. The summed E-state index contributed by atoms with van der Waals surface area (Å²) in [4.78, 5) is 61.8. The van der Waals surface area contributed by atoms with E-state index in [1.54, 1.807) is 31.2 Å². The van der Waals surface area contributed by atoms with Crippen molar-refractivity contribution in [1.29, 1.82) is 0 Å². The van der Waals surface area contributed by atoms with Crippen LogP contribution in [0.15, 0.2) is 36.4 Å². The van der Waals surface area contributed by atoms with E-state index >= 15 is 0 Å². The number of ether oxygens (including phenoxy) is 1. The van der Waals surface area contributed by atoms with Crippen LogP contribution in [0.3, 0.4) is 0 Å². The number of aromatic nitrogens is 2. The number of aliphatic hydroxyl groups is 1. The minimum absolute atomic E-state index is 0.0470. The van der Waals surface area contributed by atoms with Gasteiger partial charge < -0.3 is 30.1 Å². The van der Waals surface area contributed by atoms with Crippen LogP contribution in [0.1, 0.15) is 61.8 Å². The molecule has 39 heavy (non-hydrogen) atoms. The molecule has 1 saturated heterocycles. The molecule has 1 aliphatic heterocycles. The quantitative estimate of drug-likeness (QED) is 0.387. The number of carbonyl (C=O) groups is 4. The predicted molar refractivity (Wildman–Crippen MR) is 141 cm³/mol. The first kappa shape index (κ1) is 29.5. The van der Waals surface area contributed by atoms with Crippen LogP contribution in [0.25, 0.3) is 11.4 Å². The van der Waals surface area contributed by atoms with Crippen molar-refractivity contribution >= 4 is 23.9 Å². The highest BCUT2D eigenvalue weighted by molar-refractivity contribution is 5.96. The average molecular weight is 542 g/mol. The van der Waals surface area contributed by atoms with E-state index in [0.717, 1.165) is 0 Å². The van der Waals surface area contributed by atoms with Gasteiger partial charge in [0.15, 0.2) is 5.82 Å². The first-order chi connectivity index (χ1) is 18.7. The lowest BCUT2D eigenvalue weighted by molar-refractivity contribution is -0.138. The number of carboxylic acid groups (broad SMARTS) is 1. The number of nitrogens with one attached hydrogen (secondary N) is 1. The zero-order valence-corrected chi connectivity index (χ0v) is 22.2. The molecule has 2 atom stereocenters. The zero-order valence-electron chi connectivity index (χ0n) is 22.2. The van der Waals surface area contributed by atoms with Crippen molar-refractivity contribution in [3.8, 4) is 11.4 Å². The van der Waals surface area contributed by atoms with Crippen LogP contribution < -0.4 is 5.32 Å². The molecule has 3 amide bonds. The molecular weight excluding hydrogens is 506 g/mol. The molecule has 0 aliphatic carbocycles. The molecule has 1 unspecified atom stereocenters. The molecule has 3 N–H and O–H groups in total. The number of hydrogen-bond acceptors (Lipinski definition) is 8. The van der Waals surface area contributed by atoms with E-state index in [1.807, 2.05) is 13.0 Å². The van der Waals surface area contributed by atoms with Crippen LogP contribution in [-0.4, -0.2) is 92.7 Å². The third-order valence-corrected chi connectivity index (χ3v) is 6.28. The molecule has 0 saturated carbocycles. The minimum atomic E-state index is -1.12. The molecule has 0 radical (unpaired) electrons. The number of carboxylic acids is 1. The van der Waals surface area contributed by atoms with Crippen LogP contribution in [0.5, 0.6) is 0 Å². The maximum atomic E-state index is 13.3. The lowest BCUT2D eigenvalue weighted by Crippen LogP contribution is -2.56. The summed E-state index contributed by atoms with van der Waals surface area (Å²) in [5.41, 5.74) is 0.878. The van der Waals surface area contributed by atoms with Gasteiger partial charge in [0.05, 0.1) is 18.4 Å². The first-order valence-electron chi connectivity index (χ1n) is 13.1. The molecule has 0 spiro atoms. The van der Waals surface area contributed by atoms with Crippen molar-refractivity contribution in [1.82, 2.24) is 25.1 Å². The molecule has 12 nitrogen and oxygen atoms in total. The lowest BCUT2D eigenvalue weighted by Gasteiger charge is -2.35. The Hall–Kier alpha value is -4.06. The van der Waals surface area contributed by atoms with Crippen molar-refractivity contribution in [2.24, 2.45) is 0 Å². The largest absolute Gasteiger partial charge is 0.481 e. The molecule has 1 aliphatic rings. The number of aliphatic hydroxyl groups excluding tert-OH is 1. The second kappa shape index (κ2) is 14.2. The van der Waals surface area contributed by atoms with Crippen molar-refractivity contribution in [3.63, 3.8) is 0 Å². The number of amides is 3. The van der Waals surface area contributed by atoms with Crippen molar-refractivity contribution in [2.45, 2.75) is 51.7 Å². The Morgan fingerprint density at radius 2 is 1.67 bits per heavy atom. The van der Waals surface area contributed by atoms with Gasteiger partial charge >= 0.3 is 12.1 Å². The Bertz CT molecular complexity index is 1150. The summed E-state index contributed by atoms with van der Waals surface area (Å²) in [7, 11) is 0. The smallest absolute Gasteiger partial charge is 0.409 e. The molecule has 0 bridgehead atoms. The van der Waals surface area contributed by atoms with E-state index in [-0.39, 0.29) is 62.8 Å². The van der Waals surface area contributed by atoms with Gasteiger partial charge in [0.2, 0.25) is 5.91 Å². The summed E-state index contributed by atoms with van der Waals surface area (Å²) in [6.45, 7) is 4.83. The Labute approximate surface area is 227 Å². The zero-order chi connectivity index (χ0) is 28.4. The number of nitrogens with zero attached hydrogens (tertiary/aromatic N) is 4. The van der Waals surface area contributed by atoms with Gasteiger partial charge in [-0.2, -0.15) is 0 Å². The number of carbonyl (C=O) groups excluding carboxylic acids is 3. The second-order valence-electron chi connectivity index (χ2n) is 9.14. The van der Waals surface area contributed by atoms with Crippen LogP contribution in [0.2, 0.25) is 0 Å². The van der Waals surface area contributed by atoms with Crippen molar-refractivity contribution < 1.29 is 34.1 Å². The second-order valence-corrected chi connectivity index (χ2v) is 9.14. The Kier molecular flexibility index (Phi) is 10.7. The van der Waals surface area contributed by atoms with Crippen molar-refractivity contribution in [3.05, 3.63) is 47.8 Å². The van der Waals surface area contributed by atoms with Crippen LogP contribution >= 0.6 is 0 Å². The lowest BCUT2D eigenvalue weighted by atomic mass is 10.1. The van der Waals surface area contributed by atoms with Gasteiger partial charge in [-0.1, -0.05) is 43.7 Å². The normalized spacial score (nSPS) is 14.8. The molecule has 2 aromatic rings. The Morgan fingerprint density at radius 3 is 2.28 bits per heavy atom. The van der Waals surface area contributed by atoms with Gasteiger partial charge in [-0.3, -0.25) is 14.4 Å². The molecule has 3 rings (SSSR count). The highest BCUT2D eigenvalue weighted by Crippen LogP contribution is 2.22. The molecule has 1 aromatic carbocycles. The van der Waals surface area contributed by atoms with E-state index in [9.17, 15) is 29.4 Å². The van der Waals surface area contributed by atoms with Gasteiger partial charge in [-0.05, 0) is 25.8 Å². The SMILES string of the molecule is CCC[C@H](O)c1cc(C(=O)NC(CCC(=O)O)C(=O)N2CCN(C(=O)OCC)CC2)nc(-c2ccccc2)n1. The van der Waals surface area contributed by atoms with Gasteiger partial charge in [0, 0.05) is 38.2 Å². The molecule has 1 fully saturated rings. The number of hydrogen-bond donors (Lipinski definition) is 3. The Morgan fingerprint density at radius 1 is 1.00 bits per heavy atom. The molecule has 2 heterocycles.